The molecule has 0 radical (unpaired) electrons. The van der Waals surface area contributed by atoms with Crippen molar-refractivity contribution >= 4 is 5.97 Å². The molecular weight excluding hydrogens is 360 g/mol. The van der Waals surface area contributed by atoms with Gasteiger partial charge in [0.25, 0.3) is 5.56 Å². The van der Waals surface area contributed by atoms with Crippen LogP contribution in [0.4, 0.5) is 0 Å². The number of rotatable bonds is 5. The van der Waals surface area contributed by atoms with Gasteiger partial charge in [-0.15, -0.1) is 0 Å². The second-order valence-electron chi connectivity index (χ2n) is 6.23. The summed E-state index contributed by atoms with van der Waals surface area (Å²) in [5, 5.41) is 4.42. The standard InChI is InChI=1S/C20H20N4O4/c1-12(2)24-15(25)11-10-14(23-24)17-16(13-8-6-5-7-9-13)22-19(27-3)18(21-17)20(26)28-4/h5-12H,1-4H3. The number of carbonyl (C=O) groups excluding carboxylic acids is 1. The molecule has 0 unspecified atom stereocenters. The number of aromatic nitrogens is 4. The van der Waals surface area contributed by atoms with E-state index in [0.29, 0.717) is 17.1 Å². The number of hydrogen-bond acceptors (Lipinski definition) is 7. The molecule has 3 rings (SSSR count). The van der Waals surface area contributed by atoms with Crippen molar-refractivity contribution in [2.75, 3.05) is 14.2 Å². The molecule has 2 heterocycles. The molecule has 0 aliphatic carbocycles. The summed E-state index contributed by atoms with van der Waals surface area (Å²) >= 11 is 0. The van der Waals surface area contributed by atoms with Crippen molar-refractivity contribution in [3.05, 3.63) is 58.5 Å². The zero-order valence-corrected chi connectivity index (χ0v) is 16.0. The summed E-state index contributed by atoms with van der Waals surface area (Å²) in [6, 6.07) is 12.2. The molecule has 0 saturated heterocycles. The molecule has 0 amide bonds. The van der Waals surface area contributed by atoms with Crippen molar-refractivity contribution < 1.29 is 14.3 Å². The largest absolute Gasteiger partial charge is 0.479 e. The van der Waals surface area contributed by atoms with Crippen molar-refractivity contribution in [2.24, 2.45) is 0 Å². The van der Waals surface area contributed by atoms with E-state index in [-0.39, 0.29) is 23.2 Å². The molecule has 0 atom stereocenters. The van der Waals surface area contributed by atoms with Gasteiger partial charge in [-0.25, -0.2) is 19.4 Å². The highest BCUT2D eigenvalue weighted by atomic mass is 16.5. The SMILES string of the molecule is COC(=O)c1nc(-c2ccc(=O)n(C(C)C)n2)c(-c2ccccc2)nc1OC. The van der Waals surface area contributed by atoms with E-state index in [4.69, 9.17) is 9.47 Å². The summed E-state index contributed by atoms with van der Waals surface area (Å²) < 4.78 is 11.4. The van der Waals surface area contributed by atoms with Gasteiger partial charge in [-0.2, -0.15) is 5.10 Å². The third-order valence-corrected chi connectivity index (χ3v) is 4.04. The Balaban J connectivity index is 2.33. The number of nitrogens with zero attached hydrogens (tertiary/aromatic N) is 4. The Morgan fingerprint density at radius 2 is 1.71 bits per heavy atom. The van der Waals surface area contributed by atoms with Crippen LogP contribution >= 0.6 is 0 Å². The van der Waals surface area contributed by atoms with Gasteiger partial charge in [0.2, 0.25) is 11.6 Å². The van der Waals surface area contributed by atoms with E-state index in [1.807, 2.05) is 44.2 Å². The van der Waals surface area contributed by atoms with Crippen LogP contribution in [0.2, 0.25) is 0 Å². The van der Waals surface area contributed by atoms with Crippen LogP contribution in [-0.2, 0) is 4.74 Å². The molecule has 8 nitrogen and oxygen atoms in total. The maximum Gasteiger partial charge on any atom is 0.362 e. The summed E-state index contributed by atoms with van der Waals surface area (Å²) in [5.41, 5.74) is 1.71. The molecule has 1 aromatic carbocycles. The Kier molecular flexibility index (Phi) is 5.49. The minimum atomic E-state index is -0.678. The predicted molar refractivity (Wildman–Crippen MR) is 103 cm³/mol. The molecule has 0 saturated carbocycles. The summed E-state index contributed by atoms with van der Waals surface area (Å²) in [5.74, 6) is -0.631. The van der Waals surface area contributed by atoms with E-state index in [0.717, 1.165) is 5.56 Å². The molecule has 0 fully saturated rings. The first-order valence-electron chi connectivity index (χ1n) is 8.66. The van der Waals surface area contributed by atoms with Crippen LogP contribution in [0, 0.1) is 0 Å². The molecule has 28 heavy (non-hydrogen) atoms. The van der Waals surface area contributed by atoms with Crippen LogP contribution < -0.4 is 10.3 Å². The average molecular weight is 380 g/mol. The number of carbonyl (C=O) groups is 1. The van der Waals surface area contributed by atoms with Gasteiger partial charge in [-0.3, -0.25) is 4.79 Å². The Morgan fingerprint density at radius 1 is 1.00 bits per heavy atom. The van der Waals surface area contributed by atoms with Crippen LogP contribution in [0.5, 0.6) is 5.88 Å². The van der Waals surface area contributed by atoms with Gasteiger partial charge in [0.15, 0.2) is 0 Å². The Morgan fingerprint density at radius 3 is 2.32 bits per heavy atom. The number of benzene rings is 1. The molecule has 0 spiro atoms. The van der Waals surface area contributed by atoms with E-state index in [2.05, 4.69) is 15.1 Å². The fraction of sp³-hybridized carbons (Fsp3) is 0.250. The number of esters is 1. The summed E-state index contributed by atoms with van der Waals surface area (Å²) in [6.07, 6.45) is 0. The summed E-state index contributed by atoms with van der Waals surface area (Å²) in [7, 11) is 2.66. The topological polar surface area (TPSA) is 96.2 Å². The predicted octanol–water partition coefficient (Wildman–Crippen LogP) is 2.74. The first-order valence-corrected chi connectivity index (χ1v) is 8.66. The lowest BCUT2D eigenvalue weighted by Crippen LogP contribution is -2.24. The molecule has 8 heteroatoms. The monoisotopic (exact) mass is 380 g/mol. The lowest BCUT2D eigenvalue weighted by Gasteiger charge is -2.14. The zero-order valence-electron chi connectivity index (χ0n) is 16.0. The van der Waals surface area contributed by atoms with Crippen molar-refractivity contribution in [3.8, 4) is 28.5 Å². The highest BCUT2D eigenvalue weighted by Gasteiger charge is 2.23. The van der Waals surface area contributed by atoms with Crippen LogP contribution in [0.1, 0.15) is 30.4 Å². The van der Waals surface area contributed by atoms with Gasteiger partial charge in [0, 0.05) is 11.6 Å². The summed E-state index contributed by atoms with van der Waals surface area (Å²) in [4.78, 5) is 33.2. The van der Waals surface area contributed by atoms with Crippen LogP contribution in [-0.4, -0.2) is 39.9 Å². The van der Waals surface area contributed by atoms with Crippen molar-refractivity contribution in [2.45, 2.75) is 19.9 Å². The van der Waals surface area contributed by atoms with Crippen molar-refractivity contribution in [3.63, 3.8) is 0 Å². The maximum absolute atomic E-state index is 12.2. The fourth-order valence-electron chi connectivity index (χ4n) is 2.69. The molecule has 144 valence electrons. The molecule has 2 aromatic heterocycles. The summed E-state index contributed by atoms with van der Waals surface area (Å²) in [6.45, 7) is 3.71. The zero-order chi connectivity index (χ0) is 20.3. The van der Waals surface area contributed by atoms with Crippen LogP contribution in [0.25, 0.3) is 22.6 Å². The second-order valence-corrected chi connectivity index (χ2v) is 6.23. The van der Waals surface area contributed by atoms with Crippen molar-refractivity contribution in [1.29, 1.82) is 0 Å². The lowest BCUT2D eigenvalue weighted by molar-refractivity contribution is 0.0589. The molecule has 0 aliphatic rings. The van der Waals surface area contributed by atoms with Gasteiger partial charge < -0.3 is 9.47 Å². The second kappa shape index (κ2) is 7.99. The van der Waals surface area contributed by atoms with E-state index in [1.165, 1.54) is 25.0 Å². The fourth-order valence-corrected chi connectivity index (χ4v) is 2.69. The highest BCUT2D eigenvalue weighted by molar-refractivity contribution is 5.91. The average Bonchev–Trinajstić information content (AvgIpc) is 2.73. The van der Waals surface area contributed by atoms with Gasteiger partial charge >= 0.3 is 5.97 Å². The molecule has 0 bridgehead atoms. The first-order chi connectivity index (χ1) is 13.5. The lowest BCUT2D eigenvalue weighted by atomic mass is 10.1. The minimum Gasteiger partial charge on any atom is -0.479 e. The Bertz CT molecular complexity index is 1060. The molecule has 0 N–H and O–H groups in total. The number of hydrogen-bond donors (Lipinski definition) is 0. The Hall–Kier alpha value is -3.55. The minimum absolute atomic E-state index is 0.0478. The van der Waals surface area contributed by atoms with E-state index < -0.39 is 5.97 Å². The van der Waals surface area contributed by atoms with Gasteiger partial charge in [-0.05, 0) is 19.9 Å². The Labute approximate surface area is 161 Å². The smallest absolute Gasteiger partial charge is 0.362 e. The number of methoxy groups -OCH3 is 2. The van der Waals surface area contributed by atoms with E-state index >= 15 is 0 Å². The number of ether oxygens (including phenoxy) is 2. The van der Waals surface area contributed by atoms with Gasteiger partial charge in [0.1, 0.15) is 17.1 Å². The van der Waals surface area contributed by atoms with Gasteiger partial charge in [-0.1, -0.05) is 30.3 Å². The van der Waals surface area contributed by atoms with E-state index in [9.17, 15) is 9.59 Å². The third kappa shape index (κ3) is 3.62. The van der Waals surface area contributed by atoms with E-state index in [1.54, 1.807) is 6.07 Å². The van der Waals surface area contributed by atoms with Crippen LogP contribution in [0.3, 0.4) is 0 Å². The molecule has 0 aliphatic heterocycles. The third-order valence-electron chi connectivity index (χ3n) is 4.04. The van der Waals surface area contributed by atoms with Crippen molar-refractivity contribution in [1.82, 2.24) is 19.7 Å². The first kappa shape index (κ1) is 19.2. The molecular formula is C20H20N4O4. The normalized spacial score (nSPS) is 10.8. The highest BCUT2D eigenvalue weighted by Crippen LogP contribution is 2.31. The van der Waals surface area contributed by atoms with Gasteiger partial charge in [0.05, 0.1) is 20.3 Å². The molecule has 3 aromatic rings. The maximum atomic E-state index is 12.2. The quantitative estimate of drug-likeness (QED) is 0.628. The van der Waals surface area contributed by atoms with Crippen LogP contribution in [0.15, 0.2) is 47.3 Å².